The Morgan fingerprint density at radius 2 is 1.86 bits per heavy atom. The molecule has 0 aliphatic heterocycles. The Bertz CT molecular complexity index is 806. The number of aliphatic carboxylic acids is 1. The fourth-order valence-corrected chi connectivity index (χ4v) is 3.06. The van der Waals surface area contributed by atoms with Crippen LogP contribution in [0.3, 0.4) is 0 Å². The Labute approximate surface area is 122 Å². The van der Waals surface area contributed by atoms with Crippen molar-refractivity contribution in [3.8, 4) is 0 Å². The second-order valence-corrected chi connectivity index (χ2v) is 6.17. The van der Waals surface area contributed by atoms with E-state index in [1.807, 2.05) is 12.1 Å². The van der Waals surface area contributed by atoms with E-state index in [0.29, 0.717) is 0 Å². The fourth-order valence-electron chi connectivity index (χ4n) is 1.85. The first-order valence-electron chi connectivity index (χ1n) is 6.25. The van der Waals surface area contributed by atoms with Gasteiger partial charge >= 0.3 is 5.97 Å². The van der Waals surface area contributed by atoms with Crippen molar-refractivity contribution >= 4 is 26.6 Å². The number of carboxylic acid groups (broad SMARTS) is 1. The summed E-state index contributed by atoms with van der Waals surface area (Å²) in [5.74, 6) is -1.54. The molecule has 0 aliphatic carbocycles. The lowest BCUT2D eigenvalue weighted by Gasteiger charge is -2.07. The molecule has 0 amide bonds. The Morgan fingerprint density at radius 1 is 1.19 bits per heavy atom. The predicted octanol–water partition coefficient (Wildman–Crippen LogP) is 2.58. The Morgan fingerprint density at radius 3 is 2.48 bits per heavy atom. The highest BCUT2D eigenvalue weighted by Gasteiger charge is 2.27. The number of carboxylic acids is 1. The van der Waals surface area contributed by atoms with Crippen LogP contribution in [-0.2, 0) is 19.4 Å². The van der Waals surface area contributed by atoms with Crippen LogP contribution in [0.4, 0.5) is 0 Å². The summed E-state index contributed by atoms with van der Waals surface area (Å²) >= 11 is 0. The molecule has 0 radical (unpaired) electrons. The quantitative estimate of drug-likeness (QED) is 0.678. The average Bonchev–Trinajstić information content (AvgIpc) is 2.46. The van der Waals surface area contributed by atoms with Crippen LogP contribution >= 0.6 is 0 Å². The minimum absolute atomic E-state index is 0.0745. The fraction of sp³-hybridized carbons (Fsp3) is 0.133. The molecule has 2 rings (SSSR count). The number of rotatable bonds is 5. The lowest BCUT2D eigenvalue weighted by Crippen LogP contribution is -2.14. The van der Waals surface area contributed by atoms with Crippen molar-refractivity contribution in [2.75, 3.05) is 6.61 Å². The summed E-state index contributed by atoms with van der Waals surface area (Å²) in [5.41, 5.74) is 0. The summed E-state index contributed by atoms with van der Waals surface area (Å²) in [5, 5.41) is 10.7. The van der Waals surface area contributed by atoms with Crippen molar-refractivity contribution in [3.05, 3.63) is 53.6 Å². The molecule has 1 N–H and O–H groups in total. The number of carbonyl (C=O) groups is 1. The number of hydrogen-bond acceptors (Lipinski definition) is 4. The molecule has 0 saturated heterocycles. The van der Waals surface area contributed by atoms with Crippen LogP contribution < -0.4 is 0 Å². The summed E-state index contributed by atoms with van der Waals surface area (Å²) in [6, 6.07) is 11.7. The molecule has 0 aromatic heterocycles. The average molecular weight is 306 g/mol. The molecule has 0 atom stereocenters. The lowest BCUT2D eigenvalue weighted by atomic mass is 10.1. The van der Waals surface area contributed by atoms with Crippen LogP contribution in [0.15, 0.2) is 58.5 Å². The summed E-state index contributed by atoms with van der Waals surface area (Å²) in [6.07, 6.45) is 0.771. The van der Waals surface area contributed by atoms with Crippen molar-refractivity contribution in [1.29, 1.82) is 0 Å². The highest BCUT2D eigenvalue weighted by molar-refractivity contribution is 7.96. The zero-order valence-corrected chi connectivity index (χ0v) is 12.1. The van der Waals surface area contributed by atoms with E-state index in [0.717, 1.165) is 17.0 Å². The van der Waals surface area contributed by atoms with E-state index in [9.17, 15) is 13.2 Å². The first kappa shape index (κ1) is 15.1. The Hall–Kier alpha value is -2.34. The SMILES string of the molecule is CCO/C=C(\C(=O)O)S(=O)(=O)c1ccc2ccccc2c1. The first-order chi connectivity index (χ1) is 9.96. The topological polar surface area (TPSA) is 80.7 Å². The molecule has 5 nitrogen and oxygen atoms in total. The molecular weight excluding hydrogens is 292 g/mol. The van der Waals surface area contributed by atoms with E-state index in [2.05, 4.69) is 0 Å². The molecule has 0 bridgehead atoms. The zero-order valence-electron chi connectivity index (χ0n) is 11.3. The van der Waals surface area contributed by atoms with Gasteiger partial charge in [-0.3, -0.25) is 0 Å². The molecular formula is C15H14O5S. The van der Waals surface area contributed by atoms with Crippen LogP contribution in [-0.4, -0.2) is 26.1 Å². The van der Waals surface area contributed by atoms with Gasteiger partial charge in [0.15, 0.2) is 4.91 Å². The maximum atomic E-state index is 12.4. The van der Waals surface area contributed by atoms with Crippen molar-refractivity contribution < 1.29 is 23.1 Å². The molecule has 2 aromatic carbocycles. The lowest BCUT2D eigenvalue weighted by molar-refractivity contribution is -0.132. The van der Waals surface area contributed by atoms with Crippen LogP contribution in [0.1, 0.15) is 6.92 Å². The monoisotopic (exact) mass is 306 g/mol. The van der Waals surface area contributed by atoms with E-state index in [-0.39, 0.29) is 11.5 Å². The molecule has 0 aliphatic rings. The highest BCUT2D eigenvalue weighted by Crippen LogP contribution is 2.24. The number of hydrogen-bond donors (Lipinski definition) is 1. The van der Waals surface area contributed by atoms with Gasteiger partial charge in [0.2, 0.25) is 9.84 Å². The van der Waals surface area contributed by atoms with Gasteiger partial charge in [0, 0.05) is 0 Å². The van der Waals surface area contributed by atoms with Crippen molar-refractivity contribution in [2.24, 2.45) is 0 Å². The minimum atomic E-state index is -4.13. The summed E-state index contributed by atoms with van der Waals surface area (Å²) in [7, 11) is -4.13. The van der Waals surface area contributed by atoms with Crippen LogP contribution in [0, 0.1) is 0 Å². The smallest absolute Gasteiger partial charge is 0.350 e. The van der Waals surface area contributed by atoms with Crippen molar-refractivity contribution in [2.45, 2.75) is 11.8 Å². The summed E-state index contributed by atoms with van der Waals surface area (Å²) in [4.78, 5) is 10.3. The maximum absolute atomic E-state index is 12.4. The summed E-state index contributed by atoms with van der Waals surface area (Å²) in [6.45, 7) is 1.82. The second kappa shape index (κ2) is 5.97. The third-order valence-corrected chi connectivity index (χ3v) is 4.61. The van der Waals surface area contributed by atoms with Crippen molar-refractivity contribution in [3.63, 3.8) is 0 Å². The van der Waals surface area contributed by atoms with Crippen LogP contribution in [0.2, 0.25) is 0 Å². The van der Waals surface area contributed by atoms with E-state index in [1.165, 1.54) is 12.1 Å². The second-order valence-electron chi connectivity index (χ2n) is 4.25. The molecule has 0 unspecified atom stereocenters. The van der Waals surface area contributed by atoms with Crippen LogP contribution in [0.25, 0.3) is 10.8 Å². The normalized spacial score (nSPS) is 12.3. The molecule has 0 saturated carbocycles. The van der Waals surface area contributed by atoms with Gasteiger partial charge in [0.1, 0.15) is 6.26 Å². The van der Waals surface area contributed by atoms with Gasteiger partial charge in [-0.15, -0.1) is 0 Å². The Kier molecular flexibility index (Phi) is 4.28. The van der Waals surface area contributed by atoms with E-state index in [4.69, 9.17) is 9.84 Å². The third kappa shape index (κ3) is 3.05. The first-order valence-corrected chi connectivity index (χ1v) is 7.74. The van der Waals surface area contributed by atoms with Crippen LogP contribution in [0.5, 0.6) is 0 Å². The number of sulfone groups is 1. The molecule has 0 spiro atoms. The molecule has 0 fully saturated rings. The maximum Gasteiger partial charge on any atom is 0.350 e. The standard InChI is InChI=1S/C15H14O5S/c1-2-20-10-14(15(16)17)21(18,19)13-8-7-11-5-3-4-6-12(11)9-13/h3-10H,2H2,1H3,(H,16,17)/b14-10+. The Balaban J connectivity index is 2.56. The number of benzene rings is 2. The van der Waals surface area contributed by atoms with E-state index < -0.39 is 20.7 Å². The van der Waals surface area contributed by atoms with Gasteiger partial charge in [-0.2, -0.15) is 0 Å². The largest absolute Gasteiger partial charge is 0.500 e. The van der Waals surface area contributed by atoms with E-state index in [1.54, 1.807) is 25.1 Å². The van der Waals surface area contributed by atoms with Gasteiger partial charge < -0.3 is 9.84 Å². The number of ether oxygens (including phenoxy) is 1. The van der Waals surface area contributed by atoms with Gasteiger partial charge in [-0.05, 0) is 29.8 Å². The van der Waals surface area contributed by atoms with Gasteiger partial charge in [-0.25, -0.2) is 13.2 Å². The van der Waals surface area contributed by atoms with Gasteiger partial charge in [-0.1, -0.05) is 30.3 Å². The zero-order chi connectivity index (χ0) is 15.5. The number of fused-ring (bicyclic) bond motifs is 1. The van der Waals surface area contributed by atoms with Gasteiger partial charge in [0.05, 0.1) is 11.5 Å². The third-order valence-electron chi connectivity index (χ3n) is 2.89. The highest BCUT2D eigenvalue weighted by atomic mass is 32.2. The molecule has 2 aromatic rings. The van der Waals surface area contributed by atoms with Crippen molar-refractivity contribution in [1.82, 2.24) is 0 Å². The molecule has 21 heavy (non-hydrogen) atoms. The summed E-state index contributed by atoms with van der Waals surface area (Å²) < 4.78 is 29.6. The molecule has 110 valence electrons. The predicted molar refractivity (Wildman–Crippen MR) is 78.5 cm³/mol. The molecule has 6 heteroatoms. The molecule has 0 heterocycles. The minimum Gasteiger partial charge on any atom is -0.500 e. The van der Waals surface area contributed by atoms with Gasteiger partial charge in [0.25, 0.3) is 0 Å². The van der Waals surface area contributed by atoms with E-state index >= 15 is 0 Å².